The predicted octanol–water partition coefficient (Wildman–Crippen LogP) is 2.27. The summed E-state index contributed by atoms with van der Waals surface area (Å²) >= 11 is 0. The Labute approximate surface area is 191 Å². The number of nitrogens with one attached hydrogen (secondary N) is 3. The van der Waals surface area contributed by atoms with E-state index in [-0.39, 0.29) is 24.6 Å². The van der Waals surface area contributed by atoms with Gasteiger partial charge in [0.2, 0.25) is 5.91 Å². The normalized spacial score (nSPS) is 12.4. The number of carbonyl (C=O) groups is 3. The van der Waals surface area contributed by atoms with Crippen molar-refractivity contribution in [3.05, 3.63) is 72.1 Å². The fraction of sp³-hybridized carbons (Fsp3) is 0.292. The zero-order valence-electron chi connectivity index (χ0n) is 18.6. The number of carbonyl (C=O) groups excluding carboxylic acids is 3. The van der Waals surface area contributed by atoms with Crippen molar-refractivity contribution in [2.45, 2.75) is 38.8 Å². The van der Waals surface area contributed by atoms with Crippen LogP contribution in [0.25, 0.3) is 11.1 Å². The van der Waals surface area contributed by atoms with Gasteiger partial charge in [-0.3, -0.25) is 9.59 Å². The van der Waals surface area contributed by atoms with Crippen LogP contribution in [0.4, 0.5) is 0 Å². The van der Waals surface area contributed by atoms with Crippen LogP contribution < -0.4 is 10.6 Å². The largest absolute Gasteiger partial charge is 0.464 e. The molecule has 3 rings (SSSR count). The molecule has 172 valence electrons. The number of amides is 2. The average Bonchev–Trinajstić information content (AvgIpc) is 3.35. The van der Waals surface area contributed by atoms with E-state index in [9.17, 15) is 14.4 Å². The van der Waals surface area contributed by atoms with Crippen LogP contribution in [-0.4, -0.2) is 51.9 Å². The van der Waals surface area contributed by atoms with E-state index < -0.39 is 24.0 Å². The molecule has 3 aromatic rings. The number of benzene rings is 2. The van der Waals surface area contributed by atoms with Gasteiger partial charge in [0, 0.05) is 13.0 Å². The Bertz CT molecular complexity index is 1050. The molecule has 0 saturated heterocycles. The molecule has 2 atom stereocenters. The van der Waals surface area contributed by atoms with Gasteiger partial charge in [0.25, 0.3) is 5.91 Å². The van der Waals surface area contributed by atoms with E-state index in [1.165, 1.54) is 13.1 Å². The Balaban J connectivity index is 1.79. The third-order valence-corrected chi connectivity index (χ3v) is 4.99. The lowest BCUT2D eigenvalue weighted by Gasteiger charge is -2.24. The summed E-state index contributed by atoms with van der Waals surface area (Å²) in [7, 11) is 0. The molecule has 0 aliphatic heterocycles. The fourth-order valence-corrected chi connectivity index (χ4v) is 3.50. The van der Waals surface area contributed by atoms with Crippen LogP contribution in [0.2, 0.25) is 0 Å². The molecule has 2 aromatic carbocycles. The summed E-state index contributed by atoms with van der Waals surface area (Å²) in [4.78, 5) is 36.7. The lowest BCUT2D eigenvalue weighted by atomic mass is 9.97. The van der Waals surface area contributed by atoms with Crippen LogP contribution in [0.5, 0.6) is 0 Å². The van der Waals surface area contributed by atoms with Crippen molar-refractivity contribution in [2.24, 2.45) is 0 Å². The first-order valence-electron chi connectivity index (χ1n) is 10.7. The van der Waals surface area contributed by atoms with E-state index in [0.29, 0.717) is 6.42 Å². The summed E-state index contributed by atoms with van der Waals surface area (Å²) in [6.07, 6.45) is 1.91. The van der Waals surface area contributed by atoms with Gasteiger partial charge < -0.3 is 15.4 Å². The van der Waals surface area contributed by atoms with E-state index in [2.05, 4.69) is 26.0 Å². The molecule has 1 aromatic heterocycles. The van der Waals surface area contributed by atoms with E-state index >= 15 is 0 Å². The van der Waals surface area contributed by atoms with Crippen molar-refractivity contribution in [1.29, 1.82) is 0 Å². The van der Waals surface area contributed by atoms with Crippen LogP contribution >= 0.6 is 0 Å². The number of esters is 1. The Morgan fingerprint density at radius 2 is 1.70 bits per heavy atom. The SMILES string of the molecule is CCOC(=O)[C@@H](C[C@@H](Cc1ccc(-c2ccccc2)cc1)NC(=O)c1cn[nH]n1)NC(C)=O. The average molecular weight is 450 g/mol. The molecule has 0 radical (unpaired) electrons. The lowest BCUT2D eigenvalue weighted by molar-refractivity contribution is -0.147. The van der Waals surface area contributed by atoms with Crippen molar-refractivity contribution in [3.63, 3.8) is 0 Å². The third-order valence-electron chi connectivity index (χ3n) is 4.99. The van der Waals surface area contributed by atoms with Gasteiger partial charge in [-0.1, -0.05) is 54.6 Å². The summed E-state index contributed by atoms with van der Waals surface area (Å²) in [5, 5.41) is 15.4. The summed E-state index contributed by atoms with van der Waals surface area (Å²) in [6, 6.07) is 16.6. The smallest absolute Gasteiger partial charge is 0.328 e. The zero-order chi connectivity index (χ0) is 23.6. The molecule has 0 aliphatic rings. The van der Waals surface area contributed by atoms with Gasteiger partial charge in [-0.15, -0.1) is 0 Å². The highest BCUT2D eigenvalue weighted by molar-refractivity contribution is 5.92. The molecule has 2 amide bonds. The zero-order valence-corrected chi connectivity index (χ0v) is 18.6. The van der Waals surface area contributed by atoms with E-state index in [4.69, 9.17) is 4.74 Å². The topological polar surface area (TPSA) is 126 Å². The summed E-state index contributed by atoms with van der Waals surface area (Å²) in [5.41, 5.74) is 3.27. The summed E-state index contributed by atoms with van der Waals surface area (Å²) < 4.78 is 5.10. The highest BCUT2D eigenvalue weighted by Gasteiger charge is 2.27. The van der Waals surface area contributed by atoms with Gasteiger partial charge in [-0.05, 0) is 36.5 Å². The first kappa shape index (κ1) is 23.6. The van der Waals surface area contributed by atoms with Crippen molar-refractivity contribution in [1.82, 2.24) is 26.0 Å². The maximum absolute atomic E-state index is 12.6. The quantitative estimate of drug-likeness (QED) is 0.408. The number of aromatic amines is 1. The maximum atomic E-state index is 12.6. The minimum absolute atomic E-state index is 0.131. The molecule has 9 heteroatoms. The van der Waals surface area contributed by atoms with Gasteiger partial charge in [-0.2, -0.15) is 15.4 Å². The summed E-state index contributed by atoms with van der Waals surface area (Å²) in [6.45, 7) is 3.21. The molecule has 0 bridgehead atoms. The first-order chi connectivity index (χ1) is 16.0. The third kappa shape index (κ3) is 6.99. The molecule has 0 spiro atoms. The van der Waals surface area contributed by atoms with Crippen LogP contribution in [0.1, 0.15) is 36.3 Å². The standard InChI is InChI=1S/C24H27N5O4/c1-3-33-24(32)21(26-16(2)30)14-20(27-23(31)22-15-25-29-28-22)13-17-9-11-19(12-10-17)18-7-5-4-6-8-18/h4-12,15,20-21H,3,13-14H2,1-2H3,(H,26,30)(H,27,31)(H,25,28,29)/t20-,21-/m1/s1. The lowest BCUT2D eigenvalue weighted by Crippen LogP contribution is -2.47. The second-order valence-corrected chi connectivity index (χ2v) is 7.53. The molecular formula is C24H27N5O4. The second-order valence-electron chi connectivity index (χ2n) is 7.53. The van der Waals surface area contributed by atoms with Gasteiger partial charge in [-0.25, -0.2) is 4.79 Å². The number of hydrogen-bond acceptors (Lipinski definition) is 6. The van der Waals surface area contributed by atoms with E-state index in [1.807, 2.05) is 54.6 Å². The Hall–Kier alpha value is -4.01. The molecule has 33 heavy (non-hydrogen) atoms. The first-order valence-corrected chi connectivity index (χ1v) is 10.7. The molecule has 0 fully saturated rings. The molecule has 9 nitrogen and oxygen atoms in total. The maximum Gasteiger partial charge on any atom is 0.328 e. The van der Waals surface area contributed by atoms with Crippen LogP contribution in [-0.2, 0) is 20.7 Å². The van der Waals surface area contributed by atoms with Gasteiger partial charge in [0.1, 0.15) is 6.04 Å². The van der Waals surface area contributed by atoms with Gasteiger partial charge in [0.15, 0.2) is 5.69 Å². The highest BCUT2D eigenvalue weighted by Crippen LogP contribution is 2.20. The van der Waals surface area contributed by atoms with Crippen LogP contribution in [0, 0.1) is 0 Å². The minimum Gasteiger partial charge on any atom is -0.464 e. The number of aromatic nitrogens is 3. The van der Waals surface area contributed by atoms with Crippen molar-refractivity contribution >= 4 is 17.8 Å². The molecule has 0 saturated carbocycles. The summed E-state index contributed by atoms with van der Waals surface area (Å²) in [5.74, 6) is -1.34. The van der Waals surface area contributed by atoms with Crippen LogP contribution in [0.15, 0.2) is 60.8 Å². The number of H-pyrrole nitrogens is 1. The Kier molecular flexibility index (Phi) is 8.29. The molecule has 3 N–H and O–H groups in total. The fourth-order valence-electron chi connectivity index (χ4n) is 3.50. The van der Waals surface area contributed by atoms with E-state index in [1.54, 1.807) is 6.92 Å². The number of ether oxygens (including phenoxy) is 1. The molecule has 1 heterocycles. The second kappa shape index (κ2) is 11.6. The van der Waals surface area contributed by atoms with Crippen molar-refractivity contribution < 1.29 is 19.1 Å². The highest BCUT2D eigenvalue weighted by atomic mass is 16.5. The minimum atomic E-state index is -0.895. The van der Waals surface area contributed by atoms with Crippen LogP contribution in [0.3, 0.4) is 0 Å². The van der Waals surface area contributed by atoms with Gasteiger partial charge in [0.05, 0.1) is 12.8 Å². The Morgan fingerprint density at radius 1 is 1.00 bits per heavy atom. The molecular weight excluding hydrogens is 422 g/mol. The van der Waals surface area contributed by atoms with Gasteiger partial charge >= 0.3 is 5.97 Å². The van der Waals surface area contributed by atoms with Crippen molar-refractivity contribution in [2.75, 3.05) is 6.61 Å². The van der Waals surface area contributed by atoms with Crippen molar-refractivity contribution in [3.8, 4) is 11.1 Å². The number of hydrogen-bond donors (Lipinski definition) is 3. The number of rotatable bonds is 10. The predicted molar refractivity (Wildman–Crippen MR) is 122 cm³/mol. The number of nitrogens with zero attached hydrogens (tertiary/aromatic N) is 2. The Morgan fingerprint density at radius 3 is 2.30 bits per heavy atom. The monoisotopic (exact) mass is 449 g/mol. The molecule has 0 unspecified atom stereocenters. The molecule has 0 aliphatic carbocycles. The van der Waals surface area contributed by atoms with E-state index in [0.717, 1.165) is 16.7 Å².